The molecule has 7 heteroatoms. The van der Waals surface area contributed by atoms with Gasteiger partial charge >= 0.3 is 0 Å². The molecule has 1 aromatic heterocycles. The molecule has 0 spiro atoms. The van der Waals surface area contributed by atoms with Crippen LogP contribution in [0, 0.1) is 6.92 Å². The van der Waals surface area contributed by atoms with Gasteiger partial charge in [0.15, 0.2) is 5.78 Å². The molecule has 0 atom stereocenters. The van der Waals surface area contributed by atoms with Crippen molar-refractivity contribution in [3.63, 3.8) is 0 Å². The average molecular weight is 382 g/mol. The SMILES string of the molecule is Cc1nc(OCCNC(=O)CCC(=O)c2ccccc2)cc(N2CCCC2)n1. The number of rotatable bonds is 9. The molecule has 1 aliphatic heterocycles. The quantitative estimate of drug-likeness (QED) is 0.530. The van der Waals surface area contributed by atoms with Crippen molar-refractivity contribution in [3.8, 4) is 5.88 Å². The Morgan fingerprint density at radius 3 is 2.61 bits per heavy atom. The van der Waals surface area contributed by atoms with Crippen molar-refractivity contribution in [1.82, 2.24) is 15.3 Å². The van der Waals surface area contributed by atoms with Gasteiger partial charge in [-0.05, 0) is 19.8 Å². The number of aryl methyl sites for hydroxylation is 1. The highest BCUT2D eigenvalue weighted by Crippen LogP contribution is 2.21. The molecule has 0 aliphatic carbocycles. The Labute approximate surface area is 165 Å². The summed E-state index contributed by atoms with van der Waals surface area (Å²) in [6.07, 6.45) is 2.72. The van der Waals surface area contributed by atoms with Crippen molar-refractivity contribution in [2.75, 3.05) is 31.1 Å². The zero-order chi connectivity index (χ0) is 19.8. The lowest BCUT2D eigenvalue weighted by Gasteiger charge is -2.17. The molecule has 0 unspecified atom stereocenters. The van der Waals surface area contributed by atoms with Crippen LogP contribution in [0.15, 0.2) is 36.4 Å². The molecular formula is C21H26N4O3. The molecule has 3 rings (SSSR count). The van der Waals surface area contributed by atoms with Crippen molar-refractivity contribution in [1.29, 1.82) is 0 Å². The van der Waals surface area contributed by atoms with Crippen molar-refractivity contribution in [3.05, 3.63) is 47.8 Å². The Morgan fingerprint density at radius 1 is 1.11 bits per heavy atom. The molecule has 28 heavy (non-hydrogen) atoms. The highest BCUT2D eigenvalue weighted by atomic mass is 16.5. The third-order valence-corrected chi connectivity index (χ3v) is 4.58. The summed E-state index contributed by atoms with van der Waals surface area (Å²) in [5.74, 6) is 1.89. The van der Waals surface area contributed by atoms with Gasteiger partial charge in [-0.2, -0.15) is 4.98 Å². The zero-order valence-electron chi connectivity index (χ0n) is 16.2. The highest BCUT2D eigenvalue weighted by Gasteiger charge is 2.15. The molecule has 0 radical (unpaired) electrons. The number of hydrogen-bond acceptors (Lipinski definition) is 6. The van der Waals surface area contributed by atoms with Gasteiger partial charge in [0.2, 0.25) is 11.8 Å². The van der Waals surface area contributed by atoms with Crippen molar-refractivity contribution >= 4 is 17.5 Å². The van der Waals surface area contributed by atoms with Crippen LogP contribution in [0.2, 0.25) is 0 Å². The van der Waals surface area contributed by atoms with Gasteiger partial charge in [0.25, 0.3) is 0 Å². The molecule has 0 bridgehead atoms. The lowest BCUT2D eigenvalue weighted by molar-refractivity contribution is -0.121. The van der Waals surface area contributed by atoms with E-state index in [4.69, 9.17) is 4.74 Å². The molecule has 2 heterocycles. The fourth-order valence-corrected chi connectivity index (χ4v) is 3.14. The summed E-state index contributed by atoms with van der Waals surface area (Å²) in [6, 6.07) is 10.8. The van der Waals surface area contributed by atoms with Crippen molar-refractivity contribution < 1.29 is 14.3 Å². The second-order valence-electron chi connectivity index (χ2n) is 6.79. The van der Waals surface area contributed by atoms with Gasteiger partial charge in [0.05, 0.1) is 6.54 Å². The van der Waals surface area contributed by atoms with E-state index in [1.165, 1.54) is 12.8 Å². The number of anilines is 1. The molecule has 1 amide bonds. The highest BCUT2D eigenvalue weighted by molar-refractivity contribution is 5.97. The number of carbonyl (C=O) groups excluding carboxylic acids is 2. The van der Waals surface area contributed by atoms with Crippen LogP contribution >= 0.6 is 0 Å². The number of nitrogens with zero attached hydrogens (tertiary/aromatic N) is 3. The topological polar surface area (TPSA) is 84.4 Å². The van der Waals surface area contributed by atoms with Crippen LogP contribution in [0.25, 0.3) is 0 Å². The Bertz CT molecular complexity index is 805. The first-order valence-electron chi connectivity index (χ1n) is 9.70. The summed E-state index contributed by atoms with van der Waals surface area (Å²) in [7, 11) is 0. The normalized spacial score (nSPS) is 13.4. The summed E-state index contributed by atoms with van der Waals surface area (Å²) in [4.78, 5) is 34.9. The second kappa shape index (κ2) is 9.82. The number of nitrogens with one attached hydrogen (secondary N) is 1. The van der Waals surface area contributed by atoms with E-state index in [0.29, 0.717) is 30.4 Å². The van der Waals surface area contributed by atoms with E-state index >= 15 is 0 Å². The van der Waals surface area contributed by atoms with E-state index in [2.05, 4.69) is 20.2 Å². The van der Waals surface area contributed by atoms with E-state index in [0.717, 1.165) is 18.9 Å². The maximum atomic E-state index is 12.0. The standard InChI is InChI=1S/C21H26N4O3/c1-16-23-19(25-12-5-6-13-25)15-21(24-16)28-14-11-22-20(27)10-9-18(26)17-7-3-2-4-8-17/h2-4,7-8,15H,5-6,9-14H2,1H3,(H,22,27). The van der Waals surface area contributed by atoms with Crippen LogP contribution in [0.4, 0.5) is 5.82 Å². The van der Waals surface area contributed by atoms with Gasteiger partial charge in [-0.3, -0.25) is 9.59 Å². The summed E-state index contributed by atoms with van der Waals surface area (Å²) >= 11 is 0. The second-order valence-corrected chi connectivity index (χ2v) is 6.79. The van der Waals surface area contributed by atoms with E-state index in [1.54, 1.807) is 12.1 Å². The Hall–Kier alpha value is -2.96. The Morgan fingerprint density at radius 2 is 1.86 bits per heavy atom. The van der Waals surface area contributed by atoms with E-state index < -0.39 is 0 Å². The van der Waals surface area contributed by atoms with Crippen molar-refractivity contribution in [2.24, 2.45) is 0 Å². The predicted molar refractivity (Wildman–Crippen MR) is 107 cm³/mol. The maximum absolute atomic E-state index is 12.0. The van der Waals surface area contributed by atoms with E-state index in [9.17, 15) is 9.59 Å². The molecule has 148 valence electrons. The summed E-state index contributed by atoms with van der Waals surface area (Å²) < 4.78 is 5.67. The minimum atomic E-state index is -0.162. The number of carbonyl (C=O) groups is 2. The smallest absolute Gasteiger partial charge is 0.220 e. The molecule has 1 saturated heterocycles. The predicted octanol–water partition coefficient (Wildman–Crippen LogP) is 2.54. The Balaban J connectivity index is 1.38. The van der Waals surface area contributed by atoms with Gasteiger partial charge < -0.3 is 15.0 Å². The summed E-state index contributed by atoms with van der Waals surface area (Å²) in [5.41, 5.74) is 0.631. The lowest BCUT2D eigenvalue weighted by atomic mass is 10.1. The third kappa shape index (κ3) is 5.77. The van der Waals surface area contributed by atoms with Crippen LogP contribution in [0.3, 0.4) is 0 Å². The van der Waals surface area contributed by atoms with Crippen LogP contribution in [0.5, 0.6) is 5.88 Å². The largest absolute Gasteiger partial charge is 0.476 e. The average Bonchev–Trinajstić information content (AvgIpc) is 3.25. The van der Waals surface area contributed by atoms with Crippen LogP contribution in [-0.2, 0) is 4.79 Å². The van der Waals surface area contributed by atoms with Crippen molar-refractivity contribution in [2.45, 2.75) is 32.6 Å². The molecule has 0 saturated carbocycles. The first-order valence-corrected chi connectivity index (χ1v) is 9.70. The molecule has 1 fully saturated rings. The Kier molecular flexibility index (Phi) is 6.94. The molecule has 7 nitrogen and oxygen atoms in total. The number of benzene rings is 1. The number of ether oxygens (including phenoxy) is 1. The minimum Gasteiger partial charge on any atom is -0.476 e. The van der Waals surface area contributed by atoms with Crippen LogP contribution < -0.4 is 15.0 Å². The summed E-state index contributed by atoms with van der Waals surface area (Å²) in [6.45, 7) is 4.54. The number of hydrogen-bond donors (Lipinski definition) is 1. The van der Waals surface area contributed by atoms with Crippen LogP contribution in [-0.4, -0.2) is 47.9 Å². The number of aromatic nitrogens is 2. The monoisotopic (exact) mass is 382 g/mol. The lowest BCUT2D eigenvalue weighted by Crippen LogP contribution is -2.28. The molecular weight excluding hydrogens is 356 g/mol. The number of amides is 1. The zero-order valence-corrected chi connectivity index (χ0v) is 16.2. The first-order chi connectivity index (χ1) is 13.6. The van der Waals surface area contributed by atoms with Gasteiger partial charge in [-0.1, -0.05) is 30.3 Å². The fraction of sp³-hybridized carbons (Fsp3) is 0.429. The van der Waals surface area contributed by atoms with Gasteiger partial charge in [-0.25, -0.2) is 4.98 Å². The first kappa shape index (κ1) is 19.8. The van der Waals surface area contributed by atoms with E-state index in [-0.39, 0.29) is 24.5 Å². The van der Waals surface area contributed by atoms with Gasteiger partial charge in [0.1, 0.15) is 18.2 Å². The molecule has 1 aromatic carbocycles. The van der Waals surface area contributed by atoms with Gasteiger partial charge in [0, 0.05) is 37.6 Å². The maximum Gasteiger partial charge on any atom is 0.220 e. The van der Waals surface area contributed by atoms with Gasteiger partial charge in [-0.15, -0.1) is 0 Å². The molecule has 1 N–H and O–H groups in total. The van der Waals surface area contributed by atoms with Crippen LogP contribution in [0.1, 0.15) is 41.9 Å². The fourth-order valence-electron chi connectivity index (χ4n) is 3.14. The third-order valence-electron chi connectivity index (χ3n) is 4.58. The number of Topliss-reactive ketones (excluding diaryl/α,β-unsaturated/α-hetero) is 1. The molecule has 2 aromatic rings. The van der Waals surface area contributed by atoms with E-state index in [1.807, 2.05) is 31.2 Å². The minimum absolute atomic E-state index is 0.0297. The molecule has 1 aliphatic rings. The summed E-state index contributed by atoms with van der Waals surface area (Å²) in [5, 5.41) is 2.77. The number of ketones is 1.